The third-order valence-electron chi connectivity index (χ3n) is 3.89. The van der Waals surface area contributed by atoms with Crippen LogP contribution in [0.4, 0.5) is 5.69 Å². The lowest BCUT2D eigenvalue weighted by Gasteiger charge is -2.32. The Morgan fingerprint density at radius 1 is 1.00 bits per heavy atom. The Morgan fingerprint density at radius 2 is 1.59 bits per heavy atom. The summed E-state index contributed by atoms with van der Waals surface area (Å²) >= 11 is 0. The van der Waals surface area contributed by atoms with Crippen molar-refractivity contribution in [2.45, 2.75) is 18.9 Å². The van der Waals surface area contributed by atoms with Crippen molar-refractivity contribution in [2.24, 2.45) is 5.73 Å². The Kier molecular flexibility index (Phi) is 9.07. The van der Waals surface area contributed by atoms with E-state index in [0.29, 0.717) is 24.3 Å². The molecule has 0 aliphatic heterocycles. The third-order valence-corrected chi connectivity index (χ3v) is 3.89. The van der Waals surface area contributed by atoms with Gasteiger partial charge in [0.25, 0.3) is 0 Å². The second-order valence-electron chi connectivity index (χ2n) is 6.38. The highest BCUT2D eigenvalue weighted by molar-refractivity contribution is 5.89. The van der Waals surface area contributed by atoms with Crippen molar-refractivity contribution in [3.8, 4) is 0 Å². The molecular formula is C21H25N3O5. The predicted molar refractivity (Wildman–Crippen MR) is 110 cm³/mol. The van der Waals surface area contributed by atoms with Crippen LogP contribution in [-0.4, -0.2) is 34.6 Å². The molecule has 1 amide bonds. The van der Waals surface area contributed by atoms with Gasteiger partial charge in [0.2, 0.25) is 5.91 Å². The van der Waals surface area contributed by atoms with Gasteiger partial charge in [-0.05, 0) is 36.6 Å². The van der Waals surface area contributed by atoms with E-state index in [1.807, 2.05) is 61.5 Å². The van der Waals surface area contributed by atoms with Gasteiger partial charge in [-0.25, -0.2) is 9.59 Å². The molecule has 0 saturated carbocycles. The summed E-state index contributed by atoms with van der Waals surface area (Å²) in [6.45, 7) is 1.97. The standard InChI is InChI=1S/C17H21N3O.C4H4O4/c1-17(20-16(21)12-18,14-7-3-2-4-8-14)11-13-6-5-9-15(19)10-13;5-3(6)1-2-4(7)8/h2-10H,11-12,18-19H2,1H3,(H,20,21);1-2H,(H,5,6)(H,7,8). The van der Waals surface area contributed by atoms with E-state index in [-0.39, 0.29) is 12.5 Å². The number of nitrogens with two attached hydrogens (primary N) is 2. The zero-order valence-electron chi connectivity index (χ0n) is 16.0. The molecule has 0 radical (unpaired) electrons. The number of rotatable bonds is 7. The molecule has 2 aromatic carbocycles. The van der Waals surface area contributed by atoms with Gasteiger partial charge < -0.3 is 27.0 Å². The Balaban J connectivity index is 0.000000447. The Bertz CT molecular complexity index is 852. The number of anilines is 1. The number of benzene rings is 2. The number of aliphatic carboxylic acids is 2. The minimum atomic E-state index is -1.26. The van der Waals surface area contributed by atoms with Crippen molar-refractivity contribution >= 4 is 23.5 Å². The number of carbonyl (C=O) groups excluding carboxylic acids is 1. The molecule has 1 unspecified atom stereocenters. The van der Waals surface area contributed by atoms with E-state index in [4.69, 9.17) is 21.7 Å². The maximum absolute atomic E-state index is 11.8. The average Bonchev–Trinajstić information content (AvgIpc) is 2.67. The summed E-state index contributed by atoms with van der Waals surface area (Å²) in [5.41, 5.74) is 13.6. The van der Waals surface area contributed by atoms with Crippen molar-refractivity contribution in [3.63, 3.8) is 0 Å². The maximum atomic E-state index is 11.8. The number of hydrogen-bond acceptors (Lipinski definition) is 5. The largest absolute Gasteiger partial charge is 0.478 e. The molecule has 0 aromatic heterocycles. The van der Waals surface area contributed by atoms with Crippen LogP contribution in [0.2, 0.25) is 0 Å². The highest BCUT2D eigenvalue weighted by Crippen LogP contribution is 2.26. The molecule has 0 saturated heterocycles. The number of amides is 1. The van der Waals surface area contributed by atoms with Gasteiger partial charge in [0, 0.05) is 17.8 Å². The lowest BCUT2D eigenvalue weighted by Crippen LogP contribution is -2.47. The normalized spacial score (nSPS) is 12.3. The van der Waals surface area contributed by atoms with Gasteiger partial charge >= 0.3 is 11.9 Å². The topological polar surface area (TPSA) is 156 Å². The fourth-order valence-corrected chi connectivity index (χ4v) is 2.64. The van der Waals surface area contributed by atoms with Crippen molar-refractivity contribution < 1.29 is 24.6 Å². The minimum Gasteiger partial charge on any atom is -0.478 e. The van der Waals surface area contributed by atoms with Crippen molar-refractivity contribution in [1.29, 1.82) is 0 Å². The second kappa shape index (κ2) is 11.3. The number of carboxylic acid groups (broad SMARTS) is 2. The fraction of sp³-hybridized carbons (Fsp3) is 0.190. The molecule has 0 spiro atoms. The van der Waals surface area contributed by atoms with Gasteiger partial charge in [0.05, 0.1) is 12.1 Å². The zero-order valence-corrected chi connectivity index (χ0v) is 16.0. The molecule has 0 bridgehead atoms. The number of carbonyl (C=O) groups is 3. The van der Waals surface area contributed by atoms with Crippen LogP contribution in [0.3, 0.4) is 0 Å². The van der Waals surface area contributed by atoms with Crippen LogP contribution in [-0.2, 0) is 26.3 Å². The van der Waals surface area contributed by atoms with Crippen molar-refractivity contribution in [1.82, 2.24) is 5.32 Å². The van der Waals surface area contributed by atoms with E-state index in [1.165, 1.54) is 0 Å². The predicted octanol–water partition coefficient (Wildman–Crippen LogP) is 1.51. The molecule has 0 aliphatic rings. The quantitative estimate of drug-likeness (QED) is 0.349. The van der Waals surface area contributed by atoms with Crippen LogP contribution in [0, 0.1) is 0 Å². The summed E-state index contributed by atoms with van der Waals surface area (Å²) in [4.78, 5) is 30.9. The van der Waals surface area contributed by atoms with Crippen molar-refractivity contribution in [3.05, 3.63) is 77.9 Å². The number of carboxylic acids is 2. The van der Waals surface area contributed by atoms with E-state index in [1.54, 1.807) is 0 Å². The lowest BCUT2D eigenvalue weighted by molar-refractivity contribution is -0.134. The maximum Gasteiger partial charge on any atom is 0.328 e. The molecule has 29 heavy (non-hydrogen) atoms. The SMILES string of the molecule is CC(Cc1cccc(N)c1)(NC(=O)CN)c1ccccc1.O=C(O)C=CC(=O)O. The molecule has 1 atom stereocenters. The highest BCUT2D eigenvalue weighted by Gasteiger charge is 2.28. The molecule has 2 aromatic rings. The van der Waals surface area contributed by atoms with Crippen LogP contribution in [0.25, 0.3) is 0 Å². The zero-order chi connectivity index (χ0) is 21.9. The molecule has 0 fully saturated rings. The van der Waals surface area contributed by atoms with Crippen LogP contribution in [0.5, 0.6) is 0 Å². The Labute approximate surface area is 168 Å². The third kappa shape index (κ3) is 8.72. The van der Waals surface area contributed by atoms with Gasteiger partial charge in [-0.1, -0.05) is 42.5 Å². The van der Waals surface area contributed by atoms with E-state index in [0.717, 1.165) is 11.1 Å². The van der Waals surface area contributed by atoms with Gasteiger partial charge in [-0.15, -0.1) is 0 Å². The first-order chi connectivity index (χ1) is 13.7. The van der Waals surface area contributed by atoms with Crippen LogP contribution < -0.4 is 16.8 Å². The summed E-state index contributed by atoms with van der Waals surface area (Å²) in [5.74, 6) is -2.69. The van der Waals surface area contributed by atoms with Gasteiger partial charge in [-0.2, -0.15) is 0 Å². The summed E-state index contributed by atoms with van der Waals surface area (Å²) in [5, 5.41) is 18.6. The molecule has 154 valence electrons. The monoisotopic (exact) mass is 399 g/mol. The average molecular weight is 399 g/mol. The first-order valence-corrected chi connectivity index (χ1v) is 8.71. The number of nitrogens with one attached hydrogen (secondary N) is 1. The summed E-state index contributed by atoms with van der Waals surface area (Å²) in [7, 11) is 0. The van der Waals surface area contributed by atoms with Crippen molar-refractivity contribution in [2.75, 3.05) is 12.3 Å². The molecule has 8 heteroatoms. The van der Waals surface area contributed by atoms with E-state index in [9.17, 15) is 14.4 Å². The first kappa shape index (κ1) is 23.4. The summed E-state index contributed by atoms with van der Waals surface area (Å²) in [6, 6.07) is 17.6. The second-order valence-corrected chi connectivity index (χ2v) is 6.38. The highest BCUT2D eigenvalue weighted by atomic mass is 16.4. The minimum absolute atomic E-state index is 0.0284. The molecular weight excluding hydrogens is 374 g/mol. The van der Waals surface area contributed by atoms with Gasteiger partial charge in [0.1, 0.15) is 0 Å². The Morgan fingerprint density at radius 3 is 2.07 bits per heavy atom. The van der Waals surface area contributed by atoms with E-state index in [2.05, 4.69) is 5.32 Å². The number of hydrogen-bond donors (Lipinski definition) is 5. The molecule has 0 aliphatic carbocycles. The molecule has 7 N–H and O–H groups in total. The van der Waals surface area contributed by atoms with Crippen LogP contribution in [0.1, 0.15) is 18.1 Å². The number of nitrogen functional groups attached to an aromatic ring is 1. The molecule has 8 nitrogen and oxygen atoms in total. The Hall–Kier alpha value is -3.65. The lowest BCUT2D eigenvalue weighted by atomic mass is 9.85. The molecule has 2 rings (SSSR count). The first-order valence-electron chi connectivity index (χ1n) is 8.71. The fourth-order valence-electron chi connectivity index (χ4n) is 2.64. The summed E-state index contributed by atoms with van der Waals surface area (Å²) < 4.78 is 0. The summed E-state index contributed by atoms with van der Waals surface area (Å²) in [6.07, 6.45) is 1.76. The molecule has 0 heterocycles. The van der Waals surface area contributed by atoms with Gasteiger partial charge in [0.15, 0.2) is 0 Å². The van der Waals surface area contributed by atoms with Gasteiger partial charge in [-0.3, -0.25) is 4.79 Å². The van der Waals surface area contributed by atoms with Crippen LogP contribution in [0.15, 0.2) is 66.7 Å². The smallest absolute Gasteiger partial charge is 0.328 e. The van der Waals surface area contributed by atoms with E-state index < -0.39 is 17.5 Å². The van der Waals surface area contributed by atoms with Crippen LogP contribution >= 0.6 is 0 Å². The van der Waals surface area contributed by atoms with E-state index >= 15 is 0 Å².